The number of aromatic amines is 1. The Morgan fingerprint density at radius 2 is 2.33 bits per heavy atom. The number of hydrogen-bond acceptors (Lipinski definition) is 2. The molecule has 0 amide bonds. The monoisotopic (exact) mass is 160 g/mol. The minimum atomic E-state index is 0.489. The highest BCUT2D eigenvalue weighted by Gasteiger charge is 2.05. The number of carbonyl (C=O) groups is 1. The summed E-state index contributed by atoms with van der Waals surface area (Å²) >= 11 is 0. The number of nitrogens with zero attached hydrogens (tertiary/aromatic N) is 1. The molecule has 0 atom stereocenters. The first-order valence-corrected chi connectivity index (χ1v) is 3.72. The van der Waals surface area contributed by atoms with Gasteiger partial charge in [0, 0.05) is 5.39 Å². The zero-order chi connectivity index (χ0) is 8.55. The van der Waals surface area contributed by atoms with Gasteiger partial charge in [0.1, 0.15) is 5.69 Å². The maximum absolute atomic E-state index is 10.6. The Labute approximate surface area is 69.4 Å². The number of carbonyl (C=O) groups excluding carboxylic acids is 1. The molecular formula is C9H8N2O. The summed E-state index contributed by atoms with van der Waals surface area (Å²) in [6.45, 7) is 1.96. The molecule has 0 bridgehead atoms. The Hall–Kier alpha value is -1.64. The number of aryl methyl sites for hydroxylation is 1. The third-order valence-electron chi connectivity index (χ3n) is 1.94. The van der Waals surface area contributed by atoms with Crippen molar-refractivity contribution in [3.8, 4) is 0 Å². The maximum Gasteiger partial charge on any atom is 0.170 e. The summed E-state index contributed by atoms with van der Waals surface area (Å²) in [5.74, 6) is 0. The number of hydrogen-bond donors (Lipinski definition) is 1. The molecule has 60 valence electrons. The molecule has 3 nitrogen and oxygen atoms in total. The van der Waals surface area contributed by atoms with Gasteiger partial charge in [-0.1, -0.05) is 12.1 Å². The van der Waals surface area contributed by atoms with Crippen LogP contribution < -0.4 is 0 Å². The van der Waals surface area contributed by atoms with Crippen LogP contribution in [0.3, 0.4) is 0 Å². The van der Waals surface area contributed by atoms with Crippen LogP contribution in [-0.2, 0) is 0 Å². The largest absolute Gasteiger partial charge is 0.296 e. The second kappa shape index (κ2) is 2.44. The van der Waals surface area contributed by atoms with Crippen molar-refractivity contribution in [3.63, 3.8) is 0 Å². The van der Waals surface area contributed by atoms with E-state index in [2.05, 4.69) is 10.2 Å². The molecule has 12 heavy (non-hydrogen) atoms. The molecule has 0 radical (unpaired) electrons. The highest BCUT2D eigenvalue weighted by molar-refractivity contribution is 5.96. The van der Waals surface area contributed by atoms with Gasteiger partial charge in [0.25, 0.3) is 0 Å². The van der Waals surface area contributed by atoms with Gasteiger partial charge in [-0.2, -0.15) is 5.10 Å². The molecule has 0 unspecified atom stereocenters. The van der Waals surface area contributed by atoms with Crippen molar-refractivity contribution in [2.45, 2.75) is 6.92 Å². The van der Waals surface area contributed by atoms with Crippen LogP contribution in [-0.4, -0.2) is 16.5 Å². The first kappa shape index (κ1) is 7.03. The van der Waals surface area contributed by atoms with Crippen molar-refractivity contribution < 1.29 is 4.79 Å². The summed E-state index contributed by atoms with van der Waals surface area (Å²) in [5.41, 5.74) is 2.48. The van der Waals surface area contributed by atoms with Crippen molar-refractivity contribution in [2.75, 3.05) is 0 Å². The molecule has 1 heterocycles. The molecule has 2 rings (SSSR count). The lowest BCUT2D eigenvalue weighted by molar-refractivity contribution is 0.112. The lowest BCUT2D eigenvalue weighted by atomic mass is 10.1. The third-order valence-corrected chi connectivity index (χ3v) is 1.94. The smallest absolute Gasteiger partial charge is 0.170 e. The Bertz CT molecular complexity index is 431. The summed E-state index contributed by atoms with van der Waals surface area (Å²) in [7, 11) is 0. The number of rotatable bonds is 1. The summed E-state index contributed by atoms with van der Waals surface area (Å²) in [6, 6.07) is 5.80. The van der Waals surface area contributed by atoms with Gasteiger partial charge in [0.2, 0.25) is 0 Å². The molecule has 1 aromatic carbocycles. The lowest BCUT2D eigenvalue weighted by Crippen LogP contribution is -1.81. The Morgan fingerprint density at radius 3 is 3.08 bits per heavy atom. The van der Waals surface area contributed by atoms with E-state index in [0.717, 1.165) is 22.8 Å². The van der Waals surface area contributed by atoms with E-state index in [-0.39, 0.29) is 0 Å². The lowest BCUT2D eigenvalue weighted by Gasteiger charge is -1.93. The summed E-state index contributed by atoms with van der Waals surface area (Å²) in [6.07, 6.45) is 0.770. The third kappa shape index (κ3) is 0.830. The van der Waals surface area contributed by atoms with Crippen LogP contribution in [0.5, 0.6) is 0 Å². The van der Waals surface area contributed by atoms with Crippen molar-refractivity contribution in [2.24, 2.45) is 0 Å². The zero-order valence-corrected chi connectivity index (χ0v) is 6.66. The number of aldehydes is 1. The molecule has 1 aromatic heterocycles. The highest BCUT2D eigenvalue weighted by Crippen LogP contribution is 2.17. The van der Waals surface area contributed by atoms with E-state index in [1.54, 1.807) is 0 Å². The molecule has 0 saturated carbocycles. The zero-order valence-electron chi connectivity index (χ0n) is 6.66. The summed E-state index contributed by atoms with van der Waals surface area (Å²) in [4.78, 5) is 10.6. The normalized spacial score (nSPS) is 10.4. The number of H-pyrrole nitrogens is 1. The van der Waals surface area contributed by atoms with Crippen LogP contribution in [0.1, 0.15) is 16.1 Å². The van der Waals surface area contributed by atoms with Crippen LogP contribution in [0.25, 0.3) is 10.9 Å². The average molecular weight is 160 g/mol. The first-order chi connectivity index (χ1) is 5.83. The SMILES string of the molecule is Cc1cccc2[nH]nc(C=O)c12. The number of benzene rings is 1. The number of aromatic nitrogens is 2. The fourth-order valence-electron chi connectivity index (χ4n) is 1.36. The van der Waals surface area contributed by atoms with E-state index < -0.39 is 0 Å². The van der Waals surface area contributed by atoms with Crippen LogP contribution in [0.2, 0.25) is 0 Å². The van der Waals surface area contributed by atoms with Gasteiger partial charge in [0.05, 0.1) is 5.52 Å². The van der Waals surface area contributed by atoms with Gasteiger partial charge < -0.3 is 0 Å². The second-order valence-electron chi connectivity index (χ2n) is 2.72. The van der Waals surface area contributed by atoms with Gasteiger partial charge in [-0.3, -0.25) is 9.89 Å². The van der Waals surface area contributed by atoms with Crippen molar-refractivity contribution in [1.29, 1.82) is 0 Å². The van der Waals surface area contributed by atoms with Crippen LogP contribution in [0.4, 0.5) is 0 Å². The van der Waals surface area contributed by atoms with Gasteiger partial charge in [-0.25, -0.2) is 0 Å². The molecule has 0 spiro atoms. The number of nitrogens with one attached hydrogen (secondary N) is 1. The molecular weight excluding hydrogens is 152 g/mol. The Morgan fingerprint density at radius 1 is 1.50 bits per heavy atom. The van der Waals surface area contributed by atoms with Gasteiger partial charge in [-0.15, -0.1) is 0 Å². The Kier molecular flexibility index (Phi) is 1.43. The minimum absolute atomic E-state index is 0.489. The van der Waals surface area contributed by atoms with Crippen molar-refractivity contribution >= 4 is 17.2 Å². The van der Waals surface area contributed by atoms with Crippen LogP contribution in [0.15, 0.2) is 18.2 Å². The van der Waals surface area contributed by atoms with Gasteiger partial charge in [-0.05, 0) is 18.6 Å². The van der Waals surface area contributed by atoms with Gasteiger partial charge in [0.15, 0.2) is 6.29 Å². The molecule has 0 fully saturated rings. The van der Waals surface area contributed by atoms with E-state index >= 15 is 0 Å². The van der Waals surface area contributed by atoms with E-state index in [9.17, 15) is 4.79 Å². The summed E-state index contributed by atoms with van der Waals surface area (Å²) in [5, 5.41) is 7.60. The Balaban J connectivity index is 2.91. The highest BCUT2D eigenvalue weighted by atomic mass is 16.1. The van der Waals surface area contributed by atoms with Crippen LogP contribution >= 0.6 is 0 Å². The molecule has 3 heteroatoms. The predicted molar refractivity (Wildman–Crippen MR) is 46.2 cm³/mol. The predicted octanol–water partition coefficient (Wildman–Crippen LogP) is 1.68. The van der Waals surface area contributed by atoms with Crippen molar-refractivity contribution in [1.82, 2.24) is 10.2 Å². The number of fused-ring (bicyclic) bond motifs is 1. The fraction of sp³-hybridized carbons (Fsp3) is 0.111. The van der Waals surface area contributed by atoms with E-state index in [4.69, 9.17) is 0 Å². The van der Waals surface area contributed by atoms with E-state index in [1.807, 2.05) is 25.1 Å². The van der Waals surface area contributed by atoms with Crippen molar-refractivity contribution in [3.05, 3.63) is 29.5 Å². The fourth-order valence-corrected chi connectivity index (χ4v) is 1.36. The molecule has 0 aliphatic rings. The quantitative estimate of drug-likeness (QED) is 0.645. The topological polar surface area (TPSA) is 45.8 Å². The van der Waals surface area contributed by atoms with E-state index in [1.165, 1.54) is 0 Å². The molecule has 0 aliphatic heterocycles. The standard InChI is InChI=1S/C9H8N2O/c1-6-3-2-4-7-9(6)8(5-12)11-10-7/h2-5H,1H3,(H,10,11). The minimum Gasteiger partial charge on any atom is -0.296 e. The molecule has 0 aliphatic carbocycles. The molecule has 1 N–H and O–H groups in total. The second-order valence-corrected chi connectivity index (χ2v) is 2.72. The van der Waals surface area contributed by atoms with Gasteiger partial charge >= 0.3 is 0 Å². The summed E-state index contributed by atoms with van der Waals surface area (Å²) < 4.78 is 0. The average Bonchev–Trinajstić information content (AvgIpc) is 2.49. The first-order valence-electron chi connectivity index (χ1n) is 3.72. The molecule has 0 saturated heterocycles. The maximum atomic E-state index is 10.6. The van der Waals surface area contributed by atoms with E-state index in [0.29, 0.717) is 5.69 Å². The van der Waals surface area contributed by atoms with Crippen LogP contribution in [0, 0.1) is 6.92 Å². The molecule has 2 aromatic rings.